The third-order valence-corrected chi connectivity index (χ3v) is 4.30. The van der Waals surface area contributed by atoms with Gasteiger partial charge in [-0.25, -0.2) is 0 Å². The van der Waals surface area contributed by atoms with E-state index < -0.39 is 0 Å². The van der Waals surface area contributed by atoms with E-state index in [4.69, 9.17) is 4.74 Å². The molecule has 2 atom stereocenters. The van der Waals surface area contributed by atoms with Crippen LogP contribution in [-0.2, 0) is 4.74 Å². The molecule has 2 heterocycles. The zero-order valence-corrected chi connectivity index (χ0v) is 11.5. The molecule has 0 aromatic carbocycles. The van der Waals surface area contributed by atoms with Crippen molar-refractivity contribution in [2.75, 3.05) is 46.4 Å². The van der Waals surface area contributed by atoms with Gasteiger partial charge in [0.1, 0.15) is 0 Å². The predicted molar refractivity (Wildman–Crippen MR) is 71.3 cm³/mol. The number of rotatable bonds is 4. The molecule has 0 amide bonds. The van der Waals surface area contributed by atoms with Gasteiger partial charge in [-0.05, 0) is 50.1 Å². The van der Waals surface area contributed by atoms with Crippen LogP contribution in [0.3, 0.4) is 0 Å². The minimum Gasteiger partial charge on any atom is -0.384 e. The van der Waals surface area contributed by atoms with Crippen LogP contribution in [-0.4, -0.2) is 51.3 Å². The van der Waals surface area contributed by atoms with Crippen LogP contribution in [0.4, 0.5) is 0 Å². The predicted octanol–water partition coefficient (Wildman–Crippen LogP) is 1.73. The topological polar surface area (TPSA) is 24.5 Å². The quantitative estimate of drug-likeness (QED) is 0.810. The second-order valence-electron chi connectivity index (χ2n) is 6.29. The van der Waals surface area contributed by atoms with Crippen molar-refractivity contribution in [3.8, 4) is 0 Å². The van der Waals surface area contributed by atoms with Gasteiger partial charge in [0.15, 0.2) is 0 Å². The van der Waals surface area contributed by atoms with E-state index in [1.54, 1.807) is 0 Å². The molecule has 2 saturated heterocycles. The number of hydrogen-bond donors (Lipinski definition) is 1. The van der Waals surface area contributed by atoms with E-state index in [0.717, 1.165) is 12.5 Å². The highest BCUT2D eigenvalue weighted by atomic mass is 16.5. The molecule has 100 valence electrons. The lowest BCUT2D eigenvalue weighted by Crippen LogP contribution is -2.48. The van der Waals surface area contributed by atoms with Crippen molar-refractivity contribution >= 4 is 0 Å². The maximum absolute atomic E-state index is 5.31. The Morgan fingerprint density at radius 3 is 3.00 bits per heavy atom. The minimum absolute atomic E-state index is 0.493. The van der Waals surface area contributed by atoms with Crippen molar-refractivity contribution in [1.82, 2.24) is 10.2 Å². The highest BCUT2D eigenvalue weighted by Gasteiger charge is 2.31. The van der Waals surface area contributed by atoms with Crippen molar-refractivity contribution in [2.45, 2.75) is 32.6 Å². The molecule has 3 nitrogen and oxygen atoms in total. The third-order valence-electron chi connectivity index (χ3n) is 4.30. The van der Waals surface area contributed by atoms with Gasteiger partial charge in [-0.3, -0.25) is 0 Å². The van der Waals surface area contributed by atoms with Crippen LogP contribution in [0.15, 0.2) is 0 Å². The summed E-state index contributed by atoms with van der Waals surface area (Å²) in [7, 11) is 1.82. The van der Waals surface area contributed by atoms with Gasteiger partial charge in [0.2, 0.25) is 0 Å². The Balaban J connectivity index is 1.81. The molecule has 2 rings (SSSR count). The van der Waals surface area contributed by atoms with Crippen LogP contribution < -0.4 is 5.32 Å². The van der Waals surface area contributed by atoms with Crippen molar-refractivity contribution in [3.63, 3.8) is 0 Å². The molecule has 17 heavy (non-hydrogen) atoms. The number of piperidine rings is 2. The number of likely N-dealkylation sites (tertiary alicyclic amines) is 1. The summed E-state index contributed by atoms with van der Waals surface area (Å²) in [5.74, 6) is 0.758. The largest absolute Gasteiger partial charge is 0.384 e. The van der Waals surface area contributed by atoms with Gasteiger partial charge in [-0.1, -0.05) is 6.92 Å². The molecule has 2 aliphatic rings. The van der Waals surface area contributed by atoms with Crippen LogP contribution in [0, 0.1) is 11.3 Å². The summed E-state index contributed by atoms with van der Waals surface area (Å²) in [6, 6.07) is 0. The van der Waals surface area contributed by atoms with Gasteiger partial charge in [-0.2, -0.15) is 0 Å². The molecule has 0 saturated carbocycles. The molecule has 0 bridgehead atoms. The van der Waals surface area contributed by atoms with E-state index in [1.165, 1.54) is 58.4 Å². The number of methoxy groups -OCH3 is 1. The molecule has 0 spiro atoms. The minimum atomic E-state index is 0.493. The summed E-state index contributed by atoms with van der Waals surface area (Å²) in [5, 5.41) is 3.55. The molecule has 3 heteroatoms. The van der Waals surface area contributed by atoms with Gasteiger partial charge in [-0.15, -0.1) is 0 Å². The van der Waals surface area contributed by atoms with E-state index in [2.05, 4.69) is 17.1 Å². The Bertz CT molecular complexity index is 224. The van der Waals surface area contributed by atoms with Crippen molar-refractivity contribution in [3.05, 3.63) is 0 Å². The summed E-state index contributed by atoms with van der Waals surface area (Å²) in [4.78, 5) is 2.67. The molecule has 2 aliphatic heterocycles. The standard InChI is InChI=1S/C14H28N2O/c1-14(6-4-7-15-11-14)12-16-8-3-5-13(9-16)10-17-2/h13,15H,3-12H2,1-2H3. The number of nitrogens with one attached hydrogen (secondary N) is 1. The van der Waals surface area contributed by atoms with Crippen LogP contribution >= 0.6 is 0 Å². The summed E-state index contributed by atoms with van der Waals surface area (Å²) in [6.07, 6.45) is 5.41. The lowest BCUT2D eigenvalue weighted by molar-refractivity contribution is 0.0592. The summed E-state index contributed by atoms with van der Waals surface area (Å²) < 4.78 is 5.31. The Kier molecular flexibility index (Phi) is 4.83. The van der Waals surface area contributed by atoms with Crippen molar-refractivity contribution in [2.24, 2.45) is 11.3 Å². The molecule has 0 aliphatic carbocycles. The number of nitrogens with zero attached hydrogens (tertiary/aromatic N) is 1. The zero-order chi connectivity index (χ0) is 12.1. The van der Waals surface area contributed by atoms with Gasteiger partial charge >= 0.3 is 0 Å². The molecule has 2 fully saturated rings. The molecule has 0 radical (unpaired) electrons. The Labute approximate surface area is 106 Å². The molecule has 1 N–H and O–H groups in total. The zero-order valence-electron chi connectivity index (χ0n) is 11.5. The summed E-state index contributed by atoms with van der Waals surface area (Å²) in [6.45, 7) is 9.57. The Morgan fingerprint density at radius 2 is 2.29 bits per heavy atom. The molecule has 0 aromatic rings. The first-order valence-corrected chi connectivity index (χ1v) is 7.14. The monoisotopic (exact) mass is 240 g/mol. The van der Waals surface area contributed by atoms with Crippen molar-refractivity contribution < 1.29 is 4.74 Å². The van der Waals surface area contributed by atoms with Crippen LogP contribution in [0.5, 0.6) is 0 Å². The Hall–Kier alpha value is -0.120. The van der Waals surface area contributed by atoms with E-state index in [-0.39, 0.29) is 0 Å². The normalized spacial score (nSPS) is 36.0. The average molecular weight is 240 g/mol. The highest BCUT2D eigenvalue weighted by Crippen LogP contribution is 2.28. The van der Waals surface area contributed by atoms with E-state index in [9.17, 15) is 0 Å². The number of hydrogen-bond acceptors (Lipinski definition) is 3. The molecular weight excluding hydrogens is 212 g/mol. The van der Waals surface area contributed by atoms with E-state index >= 15 is 0 Å². The maximum Gasteiger partial charge on any atom is 0.0502 e. The third kappa shape index (κ3) is 3.94. The lowest BCUT2D eigenvalue weighted by atomic mass is 9.81. The number of ether oxygens (including phenoxy) is 1. The Morgan fingerprint density at radius 1 is 1.41 bits per heavy atom. The van der Waals surface area contributed by atoms with Crippen LogP contribution in [0.1, 0.15) is 32.6 Å². The van der Waals surface area contributed by atoms with Gasteiger partial charge in [0.25, 0.3) is 0 Å². The summed E-state index contributed by atoms with van der Waals surface area (Å²) in [5.41, 5.74) is 0.493. The van der Waals surface area contributed by atoms with Gasteiger partial charge < -0.3 is 15.0 Å². The van der Waals surface area contributed by atoms with Crippen molar-refractivity contribution in [1.29, 1.82) is 0 Å². The molecule has 0 aromatic heterocycles. The van der Waals surface area contributed by atoms with Crippen LogP contribution in [0.25, 0.3) is 0 Å². The first-order valence-electron chi connectivity index (χ1n) is 7.14. The van der Waals surface area contributed by atoms with Gasteiger partial charge in [0.05, 0.1) is 6.61 Å². The molecule has 2 unspecified atom stereocenters. The highest BCUT2D eigenvalue weighted by molar-refractivity contribution is 4.86. The molecular formula is C14H28N2O. The lowest BCUT2D eigenvalue weighted by Gasteiger charge is -2.41. The second kappa shape index (κ2) is 6.17. The fraction of sp³-hybridized carbons (Fsp3) is 1.00. The van der Waals surface area contributed by atoms with E-state index in [1.807, 2.05) is 7.11 Å². The SMILES string of the molecule is COCC1CCCN(CC2(C)CCCNC2)C1. The fourth-order valence-corrected chi connectivity index (χ4v) is 3.46. The fourth-order valence-electron chi connectivity index (χ4n) is 3.46. The first-order chi connectivity index (χ1) is 8.22. The second-order valence-corrected chi connectivity index (χ2v) is 6.29. The van der Waals surface area contributed by atoms with E-state index in [0.29, 0.717) is 5.41 Å². The van der Waals surface area contributed by atoms with Gasteiger partial charge in [0, 0.05) is 26.7 Å². The summed E-state index contributed by atoms with van der Waals surface area (Å²) >= 11 is 0. The van der Waals surface area contributed by atoms with Crippen LogP contribution in [0.2, 0.25) is 0 Å². The maximum atomic E-state index is 5.31. The average Bonchev–Trinajstić information content (AvgIpc) is 2.30. The smallest absolute Gasteiger partial charge is 0.0502 e. The first kappa shape index (κ1) is 13.3.